The third-order valence-corrected chi connectivity index (χ3v) is 4.65. The van der Waals surface area contributed by atoms with Crippen LogP contribution in [-0.4, -0.2) is 25.7 Å². The molecular weight excluding hydrogens is 380 g/mol. The van der Waals surface area contributed by atoms with Crippen LogP contribution in [0.2, 0.25) is 0 Å². The molecule has 0 saturated carbocycles. The molecule has 2 aromatic heterocycles. The molecule has 2 aromatic carbocycles. The summed E-state index contributed by atoms with van der Waals surface area (Å²) in [5.41, 5.74) is 6.83. The Balaban J connectivity index is 1.92. The van der Waals surface area contributed by atoms with Crippen LogP contribution in [0.4, 0.5) is 8.78 Å². The number of fused-ring (bicyclic) bond motifs is 1. The minimum absolute atomic E-state index is 0.0268. The third-order valence-electron chi connectivity index (χ3n) is 4.65. The van der Waals surface area contributed by atoms with Crippen LogP contribution in [0.5, 0.6) is 11.8 Å². The lowest BCUT2D eigenvalue weighted by Gasteiger charge is -2.13. The summed E-state index contributed by atoms with van der Waals surface area (Å²) in [4.78, 5) is 15.9. The number of carbonyl (C=O) groups is 1. The molecule has 146 valence electrons. The average molecular weight is 395 g/mol. The Morgan fingerprint density at radius 1 is 1.00 bits per heavy atom. The Morgan fingerprint density at radius 3 is 2.28 bits per heavy atom. The first-order chi connectivity index (χ1) is 13.8. The Labute approximate surface area is 163 Å². The van der Waals surface area contributed by atoms with Crippen molar-refractivity contribution in [2.75, 3.05) is 0 Å². The quantitative estimate of drug-likeness (QED) is 0.492. The van der Waals surface area contributed by atoms with Gasteiger partial charge in [0.2, 0.25) is 0 Å². The average Bonchev–Trinajstić information content (AvgIpc) is 3.00. The number of rotatable bonds is 4. The lowest BCUT2D eigenvalue weighted by atomic mass is 9.98. The number of nitrogens with two attached hydrogens (primary N) is 1. The van der Waals surface area contributed by atoms with Crippen molar-refractivity contribution >= 4 is 16.8 Å². The molecule has 2 heterocycles. The molecule has 4 rings (SSSR count). The number of carbonyl (C=O) groups excluding carboxylic acids is 1. The van der Waals surface area contributed by atoms with E-state index in [1.54, 1.807) is 0 Å². The van der Waals surface area contributed by atoms with E-state index in [-0.39, 0.29) is 29.6 Å². The van der Waals surface area contributed by atoms with Crippen molar-refractivity contribution in [2.24, 2.45) is 5.73 Å². The zero-order chi connectivity index (χ0) is 20.7. The number of hydrogen-bond donors (Lipinski definition) is 3. The Bertz CT molecular complexity index is 1230. The standard InChI is InChI=1S/C21H15F2N3O3/c22-13-3-1-11(2-4-13)14-9-18(21(24)29)25-17-7-12(16(23)8-15(14)17)10-26-19(27)5-6-20(26)28/h1-9,27-28H,10H2,(H2,24,29). The predicted molar refractivity (Wildman–Crippen MR) is 102 cm³/mol. The molecule has 0 bridgehead atoms. The summed E-state index contributed by atoms with van der Waals surface area (Å²) in [6.45, 7) is -0.152. The van der Waals surface area contributed by atoms with Gasteiger partial charge in [-0.15, -0.1) is 0 Å². The molecule has 4 N–H and O–H groups in total. The van der Waals surface area contributed by atoms with E-state index in [9.17, 15) is 23.8 Å². The van der Waals surface area contributed by atoms with E-state index < -0.39 is 17.5 Å². The van der Waals surface area contributed by atoms with Crippen molar-refractivity contribution in [3.63, 3.8) is 0 Å². The number of halogens is 2. The minimum atomic E-state index is -0.762. The van der Waals surface area contributed by atoms with E-state index in [0.29, 0.717) is 22.0 Å². The van der Waals surface area contributed by atoms with Gasteiger partial charge in [0.15, 0.2) is 11.8 Å². The fourth-order valence-electron chi connectivity index (χ4n) is 3.18. The molecule has 6 nitrogen and oxygen atoms in total. The van der Waals surface area contributed by atoms with Crippen molar-refractivity contribution < 1.29 is 23.8 Å². The van der Waals surface area contributed by atoms with Gasteiger partial charge in [-0.1, -0.05) is 12.1 Å². The van der Waals surface area contributed by atoms with Gasteiger partial charge in [0.05, 0.1) is 12.1 Å². The first kappa shape index (κ1) is 18.4. The first-order valence-electron chi connectivity index (χ1n) is 8.60. The number of aromatic nitrogens is 2. The van der Waals surface area contributed by atoms with E-state index in [1.807, 2.05) is 0 Å². The predicted octanol–water partition coefficient (Wildman–Crippen LogP) is 3.54. The van der Waals surface area contributed by atoms with Crippen LogP contribution in [0.3, 0.4) is 0 Å². The van der Waals surface area contributed by atoms with Crippen molar-refractivity contribution in [2.45, 2.75) is 6.54 Å². The molecule has 1 amide bonds. The fourth-order valence-corrected chi connectivity index (χ4v) is 3.18. The van der Waals surface area contributed by atoms with Crippen LogP contribution >= 0.6 is 0 Å². The number of pyridine rings is 1. The highest BCUT2D eigenvalue weighted by molar-refractivity contribution is 6.01. The number of benzene rings is 2. The van der Waals surface area contributed by atoms with Crippen LogP contribution in [0.15, 0.2) is 54.6 Å². The van der Waals surface area contributed by atoms with Crippen molar-refractivity contribution in [1.82, 2.24) is 9.55 Å². The van der Waals surface area contributed by atoms with Crippen LogP contribution in [0.1, 0.15) is 16.1 Å². The highest BCUT2D eigenvalue weighted by Crippen LogP contribution is 2.32. The summed E-state index contributed by atoms with van der Waals surface area (Å²) in [7, 11) is 0. The van der Waals surface area contributed by atoms with Crippen molar-refractivity contribution in [3.8, 4) is 22.9 Å². The second-order valence-corrected chi connectivity index (χ2v) is 6.52. The number of hydrogen-bond acceptors (Lipinski definition) is 4. The summed E-state index contributed by atoms with van der Waals surface area (Å²) < 4.78 is 29.2. The van der Waals surface area contributed by atoms with Gasteiger partial charge in [-0.3, -0.25) is 9.36 Å². The summed E-state index contributed by atoms with van der Waals surface area (Å²) in [5.74, 6) is -2.24. The Kier molecular flexibility index (Phi) is 4.38. The molecule has 0 spiro atoms. The molecule has 0 radical (unpaired) electrons. The van der Waals surface area contributed by atoms with Crippen LogP contribution < -0.4 is 5.73 Å². The van der Waals surface area contributed by atoms with E-state index in [4.69, 9.17) is 5.73 Å². The zero-order valence-corrected chi connectivity index (χ0v) is 14.9. The molecule has 4 aromatic rings. The van der Waals surface area contributed by atoms with Crippen molar-refractivity contribution in [3.05, 3.63) is 77.5 Å². The van der Waals surface area contributed by atoms with E-state index in [0.717, 1.165) is 4.57 Å². The lowest BCUT2D eigenvalue weighted by Crippen LogP contribution is -2.13. The topological polar surface area (TPSA) is 101 Å². The molecule has 0 fully saturated rings. The van der Waals surface area contributed by atoms with E-state index in [2.05, 4.69) is 4.98 Å². The second kappa shape index (κ2) is 6.90. The molecule has 0 atom stereocenters. The summed E-state index contributed by atoms with van der Waals surface area (Å²) in [6, 6.07) is 12.2. The Morgan fingerprint density at radius 2 is 1.66 bits per heavy atom. The van der Waals surface area contributed by atoms with Gasteiger partial charge in [-0.25, -0.2) is 13.8 Å². The van der Waals surface area contributed by atoms with Gasteiger partial charge in [0, 0.05) is 23.1 Å². The molecule has 8 heteroatoms. The molecule has 0 aliphatic heterocycles. The summed E-state index contributed by atoms with van der Waals surface area (Å²) in [5, 5.41) is 20.0. The van der Waals surface area contributed by atoms with Gasteiger partial charge in [-0.05, 0) is 41.5 Å². The van der Waals surface area contributed by atoms with Crippen LogP contribution in [0, 0.1) is 11.6 Å². The van der Waals surface area contributed by atoms with E-state index in [1.165, 1.54) is 54.6 Å². The monoisotopic (exact) mass is 395 g/mol. The van der Waals surface area contributed by atoms with Crippen LogP contribution in [-0.2, 0) is 6.54 Å². The zero-order valence-electron chi connectivity index (χ0n) is 14.9. The smallest absolute Gasteiger partial charge is 0.267 e. The van der Waals surface area contributed by atoms with Gasteiger partial charge < -0.3 is 15.9 Å². The van der Waals surface area contributed by atoms with Gasteiger partial charge in [0.25, 0.3) is 5.91 Å². The molecule has 0 saturated heterocycles. The molecule has 0 aliphatic rings. The largest absolute Gasteiger partial charge is 0.494 e. The van der Waals surface area contributed by atoms with Gasteiger partial charge >= 0.3 is 0 Å². The fraction of sp³-hybridized carbons (Fsp3) is 0.0476. The first-order valence-corrected chi connectivity index (χ1v) is 8.60. The molecule has 29 heavy (non-hydrogen) atoms. The normalized spacial score (nSPS) is 11.1. The number of aromatic hydroxyl groups is 2. The summed E-state index contributed by atoms with van der Waals surface area (Å²) >= 11 is 0. The summed E-state index contributed by atoms with van der Waals surface area (Å²) in [6.07, 6.45) is 0. The SMILES string of the molecule is NC(=O)c1cc(-c2ccc(F)cc2)c2cc(F)c(Cn3c(O)ccc3O)cc2n1. The highest BCUT2D eigenvalue weighted by Gasteiger charge is 2.16. The van der Waals surface area contributed by atoms with Gasteiger partial charge in [0.1, 0.15) is 17.3 Å². The lowest BCUT2D eigenvalue weighted by molar-refractivity contribution is 0.0996. The van der Waals surface area contributed by atoms with Crippen molar-refractivity contribution in [1.29, 1.82) is 0 Å². The second-order valence-electron chi connectivity index (χ2n) is 6.52. The maximum atomic E-state index is 14.8. The maximum Gasteiger partial charge on any atom is 0.267 e. The number of primary amides is 1. The highest BCUT2D eigenvalue weighted by atomic mass is 19.1. The molecule has 0 unspecified atom stereocenters. The van der Waals surface area contributed by atoms with Gasteiger partial charge in [-0.2, -0.15) is 0 Å². The Hall–Kier alpha value is -3.94. The third kappa shape index (κ3) is 3.36. The van der Waals surface area contributed by atoms with E-state index >= 15 is 0 Å². The minimum Gasteiger partial charge on any atom is -0.494 e. The number of nitrogens with zero attached hydrogens (tertiary/aromatic N) is 2. The molecular formula is C21H15F2N3O3. The van der Waals surface area contributed by atoms with Crippen LogP contribution in [0.25, 0.3) is 22.0 Å². The molecule has 0 aliphatic carbocycles. The maximum absolute atomic E-state index is 14.8. The number of amides is 1.